The summed E-state index contributed by atoms with van der Waals surface area (Å²) in [4.78, 5) is 24.1. The molecule has 0 radical (unpaired) electrons. The molecule has 4 aliphatic rings. The number of fused-ring (bicyclic) bond motifs is 2. The van der Waals surface area contributed by atoms with Gasteiger partial charge < -0.3 is 9.80 Å². The molecule has 0 bridgehead atoms. The SMILES string of the molecule is c1cc(N2CCCN3CCCN=C32)nc(N2CCCN3CCCN=C32)c1. The van der Waals surface area contributed by atoms with Crippen molar-refractivity contribution in [1.82, 2.24) is 14.8 Å². The van der Waals surface area contributed by atoms with E-state index in [9.17, 15) is 0 Å². The molecule has 5 heterocycles. The van der Waals surface area contributed by atoms with Gasteiger partial charge in [0.2, 0.25) is 11.9 Å². The summed E-state index contributed by atoms with van der Waals surface area (Å²) in [6, 6.07) is 6.37. The molecule has 0 spiro atoms. The zero-order valence-corrected chi connectivity index (χ0v) is 15.3. The zero-order valence-electron chi connectivity index (χ0n) is 15.3. The molecule has 2 fully saturated rings. The number of pyridine rings is 1. The van der Waals surface area contributed by atoms with Gasteiger partial charge in [-0.2, -0.15) is 0 Å². The lowest BCUT2D eigenvalue weighted by atomic mass is 10.2. The Balaban J connectivity index is 1.45. The first-order valence-corrected chi connectivity index (χ1v) is 10.0. The lowest BCUT2D eigenvalue weighted by Gasteiger charge is -2.42. The molecule has 1 aromatic rings. The van der Waals surface area contributed by atoms with Crippen molar-refractivity contribution in [3.63, 3.8) is 0 Å². The molecule has 7 nitrogen and oxygen atoms in total. The Morgan fingerprint density at radius 1 is 0.615 bits per heavy atom. The largest absolute Gasteiger partial charge is 0.342 e. The summed E-state index contributed by atoms with van der Waals surface area (Å²) in [6.07, 6.45) is 4.65. The Hall–Kier alpha value is -2.31. The van der Waals surface area contributed by atoms with Gasteiger partial charge in [0.25, 0.3) is 0 Å². The van der Waals surface area contributed by atoms with Crippen LogP contribution in [-0.4, -0.2) is 79.1 Å². The monoisotopic (exact) mass is 353 g/mol. The maximum absolute atomic E-state index is 5.04. The maximum atomic E-state index is 5.04. The fourth-order valence-electron chi connectivity index (χ4n) is 4.40. The second-order valence-corrected chi connectivity index (χ2v) is 7.41. The summed E-state index contributed by atoms with van der Waals surface area (Å²) in [5.74, 6) is 4.26. The predicted octanol–water partition coefficient (Wildman–Crippen LogP) is 1.63. The Bertz CT molecular complexity index is 671. The van der Waals surface area contributed by atoms with Gasteiger partial charge in [-0.05, 0) is 37.8 Å². The molecule has 0 aliphatic carbocycles. The van der Waals surface area contributed by atoms with Gasteiger partial charge in [0, 0.05) is 52.4 Å². The number of nitrogens with zero attached hydrogens (tertiary/aromatic N) is 7. The first-order chi connectivity index (χ1) is 12.9. The van der Waals surface area contributed by atoms with Crippen LogP contribution >= 0.6 is 0 Å². The quantitative estimate of drug-likeness (QED) is 0.809. The van der Waals surface area contributed by atoms with Crippen LogP contribution in [0.4, 0.5) is 11.6 Å². The van der Waals surface area contributed by atoms with Crippen molar-refractivity contribution in [2.45, 2.75) is 25.7 Å². The molecule has 1 aromatic heterocycles. The van der Waals surface area contributed by atoms with E-state index in [1.807, 2.05) is 0 Å². The summed E-state index contributed by atoms with van der Waals surface area (Å²) in [7, 11) is 0. The van der Waals surface area contributed by atoms with Crippen LogP contribution in [0.15, 0.2) is 28.2 Å². The van der Waals surface area contributed by atoms with E-state index in [4.69, 9.17) is 15.0 Å². The highest BCUT2D eigenvalue weighted by molar-refractivity contribution is 5.98. The minimum Gasteiger partial charge on any atom is -0.342 e. The molecular weight excluding hydrogens is 326 g/mol. The molecule has 0 aromatic carbocycles. The van der Waals surface area contributed by atoms with Crippen LogP contribution in [0, 0.1) is 0 Å². The van der Waals surface area contributed by atoms with Crippen LogP contribution in [0.1, 0.15) is 25.7 Å². The van der Waals surface area contributed by atoms with Gasteiger partial charge in [0.15, 0.2) is 0 Å². The minimum atomic E-state index is 0.930. The van der Waals surface area contributed by atoms with Gasteiger partial charge in [-0.15, -0.1) is 0 Å². The van der Waals surface area contributed by atoms with Gasteiger partial charge in [-0.1, -0.05) is 6.07 Å². The number of hydrogen-bond acceptors (Lipinski definition) is 7. The molecule has 2 saturated heterocycles. The van der Waals surface area contributed by atoms with E-state index in [-0.39, 0.29) is 0 Å². The number of aromatic nitrogens is 1. The molecule has 5 rings (SSSR count). The van der Waals surface area contributed by atoms with Gasteiger partial charge in [0.1, 0.15) is 11.6 Å². The van der Waals surface area contributed by atoms with E-state index < -0.39 is 0 Å². The van der Waals surface area contributed by atoms with Gasteiger partial charge in [-0.25, -0.2) is 4.98 Å². The highest BCUT2D eigenvalue weighted by Gasteiger charge is 2.30. The molecule has 7 heteroatoms. The van der Waals surface area contributed by atoms with Crippen LogP contribution in [0.25, 0.3) is 0 Å². The zero-order chi connectivity index (χ0) is 17.3. The second kappa shape index (κ2) is 6.78. The van der Waals surface area contributed by atoms with Crippen molar-refractivity contribution in [2.75, 3.05) is 62.2 Å². The van der Waals surface area contributed by atoms with Gasteiger partial charge in [-0.3, -0.25) is 19.8 Å². The number of hydrogen-bond donors (Lipinski definition) is 0. The summed E-state index contributed by atoms with van der Waals surface area (Å²) < 4.78 is 0. The van der Waals surface area contributed by atoms with Crippen LogP contribution < -0.4 is 9.80 Å². The molecule has 138 valence electrons. The molecule has 0 N–H and O–H groups in total. The van der Waals surface area contributed by atoms with Crippen LogP contribution in [0.3, 0.4) is 0 Å². The van der Waals surface area contributed by atoms with Crippen molar-refractivity contribution < 1.29 is 0 Å². The van der Waals surface area contributed by atoms with Crippen molar-refractivity contribution in [3.8, 4) is 0 Å². The highest BCUT2D eigenvalue weighted by Crippen LogP contribution is 2.25. The maximum Gasteiger partial charge on any atom is 0.202 e. The van der Waals surface area contributed by atoms with E-state index in [0.717, 1.165) is 102 Å². The van der Waals surface area contributed by atoms with Crippen LogP contribution in [-0.2, 0) is 0 Å². The second-order valence-electron chi connectivity index (χ2n) is 7.41. The lowest BCUT2D eigenvalue weighted by Crippen LogP contribution is -2.53. The summed E-state index contributed by atoms with van der Waals surface area (Å²) in [6.45, 7) is 8.33. The van der Waals surface area contributed by atoms with E-state index in [0.29, 0.717) is 0 Å². The Morgan fingerprint density at radius 2 is 1.12 bits per heavy atom. The fraction of sp³-hybridized carbons (Fsp3) is 0.632. The van der Waals surface area contributed by atoms with Gasteiger partial charge >= 0.3 is 0 Å². The first kappa shape index (κ1) is 15.9. The van der Waals surface area contributed by atoms with Gasteiger partial charge in [0.05, 0.1) is 0 Å². The molecule has 26 heavy (non-hydrogen) atoms. The van der Waals surface area contributed by atoms with E-state index in [1.54, 1.807) is 0 Å². The smallest absolute Gasteiger partial charge is 0.202 e. The summed E-state index contributed by atoms with van der Waals surface area (Å²) in [5.41, 5.74) is 0. The van der Waals surface area contributed by atoms with E-state index >= 15 is 0 Å². The standard InChI is InChI=1S/C19H27N7/c1-6-16(25-14-4-12-23-10-2-8-20-18(23)25)22-17(7-1)26-15-5-13-24-11-3-9-21-19(24)26/h1,6-7H,2-5,8-15H2. The third-order valence-electron chi connectivity index (χ3n) is 5.62. The average molecular weight is 353 g/mol. The lowest BCUT2D eigenvalue weighted by molar-refractivity contribution is 0.358. The van der Waals surface area contributed by atoms with E-state index in [2.05, 4.69) is 37.8 Å². The summed E-state index contributed by atoms with van der Waals surface area (Å²) in [5, 5.41) is 0. The number of guanidine groups is 2. The molecule has 0 unspecified atom stereocenters. The first-order valence-electron chi connectivity index (χ1n) is 10.0. The third kappa shape index (κ3) is 2.79. The van der Waals surface area contributed by atoms with Crippen molar-refractivity contribution in [2.24, 2.45) is 9.98 Å². The Morgan fingerprint density at radius 3 is 1.65 bits per heavy atom. The Kier molecular flexibility index (Phi) is 4.15. The minimum absolute atomic E-state index is 0.930. The number of aliphatic imine (C=N–C) groups is 2. The van der Waals surface area contributed by atoms with Crippen LogP contribution in [0.2, 0.25) is 0 Å². The average Bonchev–Trinajstić information content (AvgIpc) is 2.73. The Labute approximate surface area is 155 Å². The van der Waals surface area contributed by atoms with Crippen LogP contribution in [0.5, 0.6) is 0 Å². The highest BCUT2D eigenvalue weighted by atomic mass is 15.4. The molecule has 0 saturated carbocycles. The third-order valence-corrected chi connectivity index (χ3v) is 5.62. The summed E-state index contributed by atoms with van der Waals surface area (Å²) >= 11 is 0. The van der Waals surface area contributed by atoms with Crippen molar-refractivity contribution in [1.29, 1.82) is 0 Å². The molecule has 4 aliphatic heterocycles. The molecule has 0 atom stereocenters. The van der Waals surface area contributed by atoms with E-state index in [1.165, 1.54) is 0 Å². The number of rotatable bonds is 2. The number of anilines is 2. The predicted molar refractivity (Wildman–Crippen MR) is 105 cm³/mol. The molecule has 0 amide bonds. The van der Waals surface area contributed by atoms with Crippen molar-refractivity contribution in [3.05, 3.63) is 18.2 Å². The normalized spacial score (nSPS) is 23.2. The topological polar surface area (TPSA) is 50.6 Å². The van der Waals surface area contributed by atoms with Crippen molar-refractivity contribution >= 4 is 23.6 Å². The molecular formula is C19H27N7. The fourth-order valence-corrected chi connectivity index (χ4v) is 4.40.